The zero-order valence-corrected chi connectivity index (χ0v) is 11.4. The minimum atomic E-state index is -0.708. The van der Waals surface area contributed by atoms with Crippen LogP contribution in [0.3, 0.4) is 0 Å². The number of aromatic nitrogens is 2. The molecule has 0 fully saturated rings. The second-order valence-corrected chi connectivity index (χ2v) is 4.23. The third-order valence-corrected chi connectivity index (χ3v) is 2.78. The van der Waals surface area contributed by atoms with Crippen LogP contribution in [0.15, 0.2) is 53.9 Å². The van der Waals surface area contributed by atoms with Crippen molar-refractivity contribution in [3.63, 3.8) is 0 Å². The van der Waals surface area contributed by atoms with E-state index in [0.29, 0.717) is 5.76 Å². The molecule has 0 bridgehead atoms. The van der Waals surface area contributed by atoms with Crippen LogP contribution in [0, 0.1) is 0 Å². The van der Waals surface area contributed by atoms with Crippen molar-refractivity contribution in [1.29, 1.82) is 0 Å². The highest BCUT2D eigenvalue weighted by Crippen LogP contribution is 2.16. The summed E-state index contributed by atoms with van der Waals surface area (Å²) in [5.41, 5.74) is 0. The summed E-state index contributed by atoms with van der Waals surface area (Å²) < 4.78 is 7.00. The number of nitrogens with zero attached hydrogens (tertiary/aromatic N) is 2. The Morgan fingerprint density at radius 2 is 2.19 bits per heavy atom. The van der Waals surface area contributed by atoms with Gasteiger partial charge in [0.1, 0.15) is 11.8 Å². The van der Waals surface area contributed by atoms with Crippen molar-refractivity contribution >= 4 is 11.8 Å². The normalized spacial score (nSPS) is 11.6. The Bertz CT molecular complexity index is 556. The first kappa shape index (κ1) is 14.6. The predicted molar refractivity (Wildman–Crippen MR) is 75.3 cm³/mol. The quantitative estimate of drug-likeness (QED) is 0.598. The minimum absolute atomic E-state index is 0.190. The maximum atomic E-state index is 11.7. The summed E-state index contributed by atoms with van der Waals surface area (Å²) >= 11 is 0. The minimum Gasteiger partial charge on any atom is -0.467 e. The first-order valence-corrected chi connectivity index (χ1v) is 6.42. The third-order valence-electron chi connectivity index (χ3n) is 2.78. The first-order valence-electron chi connectivity index (χ1n) is 6.42. The highest BCUT2D eigenvalue weighted by atomic mass is 16.3. The predicted octanol–water partition coefficient (Wildman–Crippen LogP) is 0.484. The van der Waals surface area contributed by atoms with Crippen LogP contribution < -0.4 is 10.6 Å². The fraction of sp³-hybridized carbons (Fsp3) is 0.214. The molecule has 2 amide bonds. The Hall–Kier alpha value is -2.83. The summed E-state index contributed by atoms with van der Waals surface area (Å²) in [4.78, 5) is 23.1. The summed E-state index contributed by atoms with van der Waals surface area (Å²) in [6.07, 6.45) is 6.44. The van der Waals surface area contributed by atoms with Gasteiger partial charge in [0.15, 0.2) is 0 Å². The van der Waals surface area contributed by atoms with E-state index in [9.17, 15) is 9.59 Å². The Labute approximate surface area is 121 Å². The lowest BCUT2D eigenvalue weighted by Crippen LogP contribution is -2.42. The Kier molecular flexibility index (Phi) is 4.92. The molecule has 2 aromatic heterocycles. The Balaban J connectivity index is 1.99. The van der Waals surface area contributed by atoms with Gasteiger partial charge in [0.05, 0.1) is 6.26 Å². The van der Waals surface area contributed by atoms with E-state index in [0.717, 1.165) is 0 Å². The summed E-state index contributed by atoms with van der Waals surface area (Å²) in [5.74, 6) is -0.764. The molecule has 2 N–H and O–H groups in total. The van der Waals surface area contributed by atoms with Crippen LogP contribution in [0.25, 0.3) is 0 Å². The summed E-state index contributed by atoms with van der Waals surface area (Å²) in [5, 5.41) is 9.11. The number of furan rings is 1. The SMILES string of the molecule is C=CCNC(=O)C(=O)NCC(c1ccco1)n1cccn1. The molecule has 0 saturated carbocycles. The zero-order valence-electron chi connectivity index (χ0n) is 11.4. The van der Waals surface area contributed by atoms with Crippen LogP contribution in [0.5, 0.6) is 0 Å². The highest BCUT2D eigenvalue weighted by molar-refractivity contribution is 6.35. The topological polar surface area (TPSA) is 89.2 Å². The lowest BCUT2D eigenvalue weighted by Gasteiger charge is -2.16. The molecule has 1 unspecified atom stereocenters. The molecule has 0 aromatic carbocycles. The molecular weight excluding hydrogens is 272 g/mol. The van der Waals surface area contributed by atoms with Crippen LogP contribution in [0.2, 0.25) is 0 Å². The van der Waals surface area contributed by atoms with Gasteiger partial charge >= 0.3 is 11.8 Å². The third kappa shape index (κ3) is 3.82. The van der Waals surface area contributed by atoms with Crippen molar-refractivity contribution in [3.05, 3.63) is 55.3 Å². The molecule has 0 saturated heterocycles. The summed E-state index contributed by atoms with van der Waals surface area (Å²) in [6.45, 7) is 3.90. The van der Waals surface area contributed by atoms with Gasteiger partial charge in [-0.2, -0.15) is 5.10 Å². The monoisotopic (exact) mass is 288 g/mol. The van der Waals surface area contributed by atoms with E-state index < -0.39 is 11.8 Å². The molecule has 0 aliphatic carbocycles. The van der Waals surface area contributed by atoms with Crippen LogP contribution in [-0.4, -0.2) is 34.7 Å². The Morgan fingerprint density at radius 3 is 2.81 bits per heavy atom. The number of hydrogen-bond donors (Lipinski definition) is 2. The first-order chi connectivity index (χ1) is 10.2. The van der Waals surface area contributed by atoms with Gasteiger partial charge in [0.25, 0.3) is 0 Å². The molecule has 7 nitrogen and oxygen atoms in total. The van der Waals surface area contributed by atoms with Gasteiger partial charge < -0.3 is 15.1 Å². The van der Waals surface area contributed by atoms with Gasteiger partial charge in [-0.3, -0.25) is 14.3 Å². The molecule has 0 spiro atoms. The van der Waals surface area contributed by atoms with Crippen LogP contribution in [-0.2, 0) is 9.59 Å². The smallest absolute Gasteiger partial charge is 0.309 e. The van der Waals surface area contributed by atoms with Crippen molar-refractivity contribution in [2.75, 3.05) is 13.1 Å². The van der Waals surface area contributed by atoms with E-state index >= 15 is 0 Å². The fourth-order valence-electron chi connectivity index (χ4n) is 1.79. The lowest BCUT2D eigenvalue weighted by atomic mass is 10.2. The fourth-order valence-corrected chi connectivity index (χ4v) is 1.79. The van der Waals surface area contributed by atoms with Crippen LogP contribution in [0.4, 0.5) is 0 Å². The van der Waals surface area contributed by atoms with Crippen molar-refractivity contribution in [2.45, 2.75) is 6.04 Å². The average Bonchev–Trinajstić information content (AvgIpc) is 3.18. The van der Waals surface area contributed by atoms with Crippen LogP contribution >= 0.6 is 0 Å². The number of nitrogens with one attached hydrogen (secondary N) is 2. The standard InChI is InChI=1S/C14H16N4O3/c1-2-6-15-13(19)14(20)16-10-11(12-5-3-9-21-12)18-8-4-7-17-18/h2-5,7-9,11H,1,6,10H2,(H,15,19)(H,16,20). The Morgan fingerprint density at radius 1 is 1.38 bits per heavy atom. The van der Waals surface area contributed by atoms with Crippen molar-refractivity contribution in [3.8, 4) is 0 Å². The molecular formula is C14H16N4O3. The van der Waals surface area contributed by atoms with Gasteiger partial charge in [0, 0.05) is 25.5 Å². The number of hydrogen-bond acceptors (Lipinski definition) is 4. The molecule has 2 rings (SSSR count). The van der Waals surface area contributed by atoms with E-state index in [2.05, 4.69) is 22.3 Å². The van der Waals surface area contributed by atoms with E-state index in [-0.39, 0.29) is 19.1 Å². The molecule has 1 atom stereocenters. The summed E-state index contributed by atoms with van der Waals surface area (Å²) in [7, 11) is 0. The van der Waals surface area contributed by atoms with Gasteiger partial charge in [-0.1, -0.05) is 6.08 Å². The largest absolute Gasteiger partial charge is 0.467 e. The molecule has 7 heteroatoms. The van der Waals surface area contributed by atoms with E-state index in [4.69, 9.17) is 4.42 Å². The second-order valence-electron chi connectivity index (χ2n) is 4.23. The second kappa shape index (κ2) is 7.09. The number of carbonyl (C=O) groups excluding carboxylic acids is 2. The molecule has 0 aliphatic rings. The van der Waals surface area contributed by atoms with E-state index in [1.807, 2.05) is 0 Å². The highest BCUT2D eigenvalue weighted by Gasteiger charge is 2.20. The zero-order chi connectivity index (χ0) is 15.1. The molecule has 21 heavy (non-hydrogen) atoms. The van der Waals surface area contributed by atoms with Gasteiger partial charge in [-0.15, -0.1) is 6.58 Å². The maximum absolute atomic E-state index is 11.7. The average molecular weight is 288 g/mol. The van der Waals surface area contributed by atoms with Gasteiger partial charge in [-0.25, -0.2) is 0 Å². The number of amides is 2. The van der Waals surface area contributed by atoms with Crippen LogP contribution in [0.1, 0.15) is 11.8 Å². The van der Waals surface area contributed by atoms with Gasteiger partial charge in [-0.05, 0) is 18.2 Å². The summed E-state index contributed by atoms with van der Waals surface area (Å²) in [6, 6.07) is 5.00. The van der Waals surface area contributed by atoms with Crippen molar-refractivity contribution in [1.82, 2.24) is 20.4 Å². The van der Waals surface area contributed by atoms with E-state index in [1.54, 1.807) is 41.5 Å². The molecule has 110 valence electrons. The van der Waals surface area contributed by atoms with Gasteiger partial charge in [0.2, 0.25) is 0 Å². The van der Waals surface area contributed by atoms with Crippen molar-refractivity contribution < 1.29 is 14.0 Å². The molecule has 0 radical (unpaired) electrons. The van der Waals surface area contributed by atoms with Crippen molar-refractivity contribution in [2.24, 2.45) is 0 Å². The van der Waals surface area contributed by atoms with E-state index in [1.165, 1.54) is 6.08 Å². The molecule has 2 heterocycles. The number of rotatable bonds is 6. The lowest BCUT2D eigenvalue weighted by molar-refractivity contribution is -0.139. The molecule has 2 aromatic rings. The number of carbonyl (C=O) groups is 2. The maximum Gasteiger partial charge on any atom is 0.309 e. The molecule has 0 aliphatic heterocycles.